The predicted molar refractivity (Wildman–Crippen MR) is 85.6 cm³/mol. The molecule has 0 bridgehead atoms. The van der Waals surface area contributed by atoms with Crippen LogP contribution >= 0.6 is 28.1 Å². The molecule has 1 N–H and O–H groups in total. The van der Waals surface area contributed by atoms with Crippen molar-refractivity contribution in [3.8, 4) is 11.8 Å². The number of aromatic nitrogens is 2. The second-order valence-corrected chi connectivity index (χ2v) is 5.81. The number of fused-ring (bicyclic) bond motifs is 1. The molecule has 1 aromatic heterocycles. The van der Waals surface area contributed by atoms with E-state index in [0.717, 1.165) is 26.8 Å². The van der Waals surface area contributed by atoms with Crippen molar-refractivity contribution < 1.29 is 0 Å². The van der Waals surface area contributed by atoms with Gasteiger partial charge in [0.2, 0.25) is 0 Å². The van der Waals surface area contributed by atoms with Crippen LogP contribution in [0.15, 0.2) is 40.9 Å². The maximum absolute atomic E-state index is 9.33. The summed E-state index contributed by atoms with van der Waals surface area (Å²) in [6.07, 6.45) is 0. The topological polar surface area (TPSA) is 44.5 Å². The largest absolute Gasteiger partial charge is 0.330 e. The number of aromatic amines is 1. The molecule has 1 heterocycles. The molecule has 20 heavy (non-hydrogen) atoms. The highest BCUT2D eigenvalue weighted by molar-refractivity contribution is 9.10. The molecule has 0 spiro atoms. The van der Waals surface area contributed by atoms with Crippen molar-refractivity contribution in [3.05, 3.63) is 56.8 Å². The van der Waals surface area contributed by atoms with Gasteiger partial charge in [0.05, 0.1) is 22.3 Å². The summed E-state index contributed by atoms with van der Waals surface area (Å²) in [6.45, 7) is 2.03. The quantitative estimate of drug-likeness (QED) is 0.654. The van der Waals surface area contributed by atoms with E-state index in [2.05, 4.69) is 27.0 Å². The summed E-state index contributed by atoms with van der Waals surface area (Å²) in [7, 11) is 0. The van der Waals surface area contributed by atoms with Gasteiger partial charge in [-0.2, -0.15) is 5.26 Å². The van der Waals surface area contributed by atoms with Crippen LogP contribution in [0.25, 0.3) is 16.7 Å². The lowest BCUT2D eigenvalue weighted by Crippen LogP contribution is -1.97. The number of H-pyrrole nitrogens is 1. The molecule has 0 aliphatic carbocycles. The van der Waals surface area contributed by atoms with Crippen molar-refractivity contribution in [2.45, 2.75) is 6.92 Å². The van der Waals surface area contributed by atoms with Gasteiger partial charge in [0.25, 0.3) is 0 Å². The number of hydrogen-bond acceptors (Lipinski definition) is 2. The number of nitrogens with one attached hydrogen (secondary N) is 1. The van der Waals surface area contributed by atoms with Crippen LogP contribution in [0.1, 0.15) is 11.1 Å². The Labute approximate surface area is 129 Å². The van der Waals surface area contributed by atoms with Crippen molar-refractivity contribution in [2.75, 3.05) is 0 Å². The molecular formula is C15H10BrN3S. The zero-order chi connectivity index (χ0) is 14.3. The fourth-order valence-corrected chi connectivity index (χ4v) is 2.97. The van der Waals surface area contributed by atoms with Crippen LogP contribution in [-0.4, -0.2) is 9.55 Å². The summed E-state index contributed by atoms with van der Waals surface area (Å²) in [6, 6.07) is 13.8. The van der Waals surface area contributed by atoms with Gasteiger partial charge in [-0.15, -0.1) is 0 Å². The highest BCUT2D eigenvalue weighted by Crippen LogP contribution is 2.25. The Morgan fingerprint density at radius 2 is 2.10 bits per heavy atom. The molecule has 0 saturated carbocycles. The fourth-order valence-electron chi connectivity index (χ4n) is 2.31. The van der Waals surface area contributed by atoms with Gasteiger partial charge in [0.1, 0.15) is 6.07 Å². The van der Waals surface area contributed by atoms with Crippen molar-refractivity contribution in [1.82, 2.24) is 9.55 Å². The Bertz CT molecular complexity index is 915. The predicted octanol–water partition coefficient (Wildman–Crippen LogP) is 4.63. The number of aryl methyl sites for hydroxylation is 1. The summed E-state index contributed by atoms with van der Waals surface area (Å²) in [5.74, 6) is 0. The molecule has 0 radical (unpaired) electrons. The van der Waals surface area contributed by atoms with Gasteiger partial charge in [0.15, 0.2) is 4.77 Å². The Hall–Kier alpha value is -1.90. The van der Waals surface area contributed by atoms with Gasteiger partial charge < -0.3 is 4.98 Å². The summed E-state index contributed by atoms with van der Waals surface area (Å²) in [5.41, 5.74) is 4.48. The zero-order valence-corrected chi connectivity index (χ0v) is 13.0. The molecule has 3 nitrogen and oxygen atoms in total. The molecule has 0 amide bonds. The average molecular weight is 344 g/mol. The minimum Gasteiger partial charge on any atom is -0.330 e. The number of nitrogens with zero attached hydrogens (tertiary/aromatic N) is 2. The highest BCUT2D eigenvalue weighted by atomic mass is 79.9. The van der Waals surface area contributed by atoms with Gasteiger partial charge in [-0.25, -0.2) is 0 Å². The van der Waals surface area contributed by atoms with Crippen LogP contribution in [0.4, 0.5) is 0 Å². The number of imidazole rings is 1. The first kappa shape index (κ1) is 13.1. The van der Waals surface area contributed by atoms with E-state index < -0.39 is 0 Å². The molecule has 0 atom stereocenters. The molecule has 0 unspecified atom stereocenters. The first-order valence-corrected chi connectivity index (χ1v) is 7.22. The third kappa shape index (κ3) is 1.98. The molecule has 0 aliphatic heterocycles. The fraction of sp³-hybridized carbons (Fsp3) is 0.0667. The summed E-state index contributed by atoms with van der Waals surface area (Å²) in [4.78, 5) is 3.22. The number of benzene rings is 2. The van der Waals surface area contributed by atoms with Crippen molar-refractivity contribution in [3.63, 3.8) is 0 Å². The number of para-hydroxylation sites is 1. The highest BCUT2D eigenvalue weighted by Gasteiger charge is 2.11. The van der Waals surface area contributed by atoms with Crippen molar-refractivity contribution in [2.24, 2.45) is 0 Å². The third-order valence-corrected chi connectivity index (χ3v) is 4.02. The van der Waals surface area contributed by atoms with Gasteiger partial charge >= 0.3 is 0 Å². The van der Waals surface area contributed by atoms with Crippen LogP contribution in [0, 0.1) is 23.0 Å². The number of hydrogen-bond donors (Lipinski definition) is 1. The zero-order valence-electron chi connectivity index (χ0n) is 10.6. The van der Waals surface area contributed by atoms with Crippen LogP contribution in [0.2, 0.25) is 0 Å². The maximum Gasteiger partial charge on any atom is 0.182 e. The Morgan fingerprint density at radius 1 is 1.30 bits per heavy atom. The second-order valence-electron chi connectivity index (χ2n) is 4.51. The van der Waals surface area contributed by atoms with E-state index in [1.807, 2.05) is 41.8 Å². The molecule has 0 saturated heterocycles. The molecule has 3 aromatic rings. The lowest BCUT2D eigenvalue weighted by atomic mass is 10.1. The van der Waals surface area contributed by atoms with Gasteiger partial charge in [-0.3, -0.25) is 4.57 Å². The van der Waals surface area contributed by atoms with Crippen molar-refractivity contribution >= 4 is 39.2 Å². The number of rotatable bonds is 1. The van der Waals surface area contributed by atoms with Crippen LogP contribution in [0.5, 0.6) is 0 Å². The average Bonchev–Trinajstić information content (AvgIpc) is 2.77. The Kier molecular flexibility index (Phi) is 3.20. The molecular weight excluding hydrogens is 334 g/mol. The molecule has 0 aliphatic rings. The normalized spacial score (nSPS) is 10.7. The molecule has 2 aromatic carbocycles. The Morgan fingerprint density at radius 3 is 2.85 bits per heavy atom. The summed E-state index contributed by atoms with van der Waals surface area (Å²) in [5, 5.41) is 9.33. The first-order chi connectivity index (χ1) is 9.61. The number of halogens is 1. The Balaban J connectivity index is 2.42. The van der Waals surface area contributed by atoms with Crippen LogP contribution in [-0.2, 0) is 0 Å². The first-order valence-electron chi connectivity index (χ1n) is 6.02. The molecule has 98 valence electrons. The molecule has 5 heteroatoms. The molecule has 3 rings (SSSR count). The smallest absolute Gasteiger partial charge is 0.182 e. The SMILES string of the molecule is Cc1cccc2c1[nH]c(=S)n2-c1ccc(Br)cc1C#N. The van der Waals surface area contributed by atoms with E-state index in [0.29, 0.717) is 10.3 Å². The monoisotopic (exact) mass is 343 g/mol. The van der Waals surface area contributed by atoms with Crippen molar-refractivity contribution in [1.29, 1.82) is 5.26 Å². The summed E-state index contributed by atoms with van der Waals surface area (Å²) < 4.78 is 3.37. The summed E-state index contributed by atoms with van der Waals surface area (Å²) >= 11 is 8.81. The van der Waals surface area contributed by atoms with E-state index in [4.69, 9.17) is 12.2 Å². The van der Waals surface area contributed by atoms with E-state index >= 15 is 0 Å². The second kappa shape index (κ2) is 4.89. The van der Waals surface area contributed by atoms with Crippen LogP contribution in [0.3, 0.4) is 0 Å². The van der Waals surface area contributed by atoms with Gasteiger partial charge in [-0.05, 0) is 49.0 Å². The standard InChI is InChI=1S/C15H10BrN3S/c1-9-3-2-4-13-14(9)18-15(20)19(13)12-6-5-11(16)7-10(12)8-17/h2-7H,1H3,(H,18,20). The van der Waals surface area contributed by atoms with Crippen LogP contribution < -0.4 is 0 Å². The maximum atomic E-state index is 9.33. The number of nitriles is 1. The third-order valence-electron chi connectivity index (χ3n) is 3.25. The van der Waals surface area contributed by atoms with E-state index in [-0.39, 0.29) is 0 Å². The van der Waals surface area contributed by atoms with Gasteiger partial charge in [0, 0.05) is 4.47 Å². The molecule has 0 fully saturated rings. The minimum atomic E-state index is 0.581. The van der Waals surface area contributed by atoms with Gasteiger partial charge in [-0.1, -0.05) is 28.1 Å². The minimum absolute atomic E-state index is 0.581. The lowest BCUT2D eigenvalue weighted by molar-refractivity contribution is 1.06. The van der Waals surface area contributed by atoms with E-state index in [9.17, 15) is 5.26 Å². The van der Waals surface area contributed by atoms with E-state index in [1.54, 1.807) is 6.07 Å². The lowest BCUT2D eigenvalue weighted by Gasteiger charge is -2.07. The van der Waals surface area contributed by atoms with E-state index in [1.165, 1.54) is 0 Å².